The minimum Gasteiger partial charge on any atom is -0.479 e. The number of ether oxygens (including phenoxy) is 2. The highest BCUT2D eigenvalue weighted by molar-refractivity contribution is 14.2. The van der Waals surface area contributed by atoms with Crippen LogP contribution in [0.4, 0.5) is 8.78 Å². The van der Waals surface area contributed by atoms with Gasteiger partial charge in [-0.15, -0.1) is 0 Å². The standard InChI is InChI=1S/C20H19F2IN5O4P/c1-30-19-15(21)14(16(22)20(27-19)31-2)17(29)13-8-25-18-12(13)5-10(6-24-18)11-7-26-28(9-11)3-4-32-33-23/h5-9,17,29,33H,3-4H2,1-2H3,(H,24,25). The highest BCUT2D eigenvalue weighted by atomic mass is 127. The molecule has 33 heavy (non-hydrogen) atoms. The number of rotatable bonds is 9. The summed E-state index contributed by atoms with van der Waals surface area (Å²) in [5.74, 6) is -3.20. The van der Waals surface area contributed by atoms with Gasteiger partial charge in [0.1, 0.15) is 11.8 Å². The lowest BCUT2D eigenvalue weighted by Gasteiger charge is -2.16. The molecule has 2 atom stereocenters. The Morgan fingerprint density at radius 2 is 1.91 bits per heavy atom. The van der Waals surface area contributed by atoms with Crippen molar-refractivity contribution in [2.75, 3.05) is 20.8 Å². The van der Waals surface area contributed by atoms with Crippen molar-refractivity contribution in [2.24, 2.45) is 0 Å². The Bertz CT molecular complexity index is 1260. The van der Waals surface area contributed by atoms with Crippen LogP contribution in [-0.2, 0) is 11.1 Å². The van der Waals surface area contributed by atoms with Crippen molar-refractivity contribution in [2.45, 2.75) is 12.6 Å². The number of fused-ring (bicyclic) bond motifs is 1. The molecule has 0 bridgehead atoms. The number of nitrogens with one attached hydrogen (secondary N) is 1. The normalized spacial score (nSPS) is 12.7. The second kappa shape index (κ2) is 10.2. The van der Waals surface area contributed by atoms with Crippen LogP contribution in [0.3, 0.4) is 0 Å². The molecule has 0 fully saturated rings. The zero-order chi connectivity index (χ0) is 23.5. The van der Waals surface area contributed by atoms with Crippen LogP contribution in [-0.4, -0.2) is 50.7 Å². The van der Waals surface area contributed by atoms with Gasteiger partial charge < -0.3 is 24.1 Å². The van der Waals surface area contributed by atoms with Gasteiger partial charge >= 0.3 is 0 Å². The maximum absolute atomic E-state index is 14.9. The molecule has 174 valence electrons. The first-order valence-electron chi connectivity index (χ1n) is 9.60. The third kappa shape index (κ3) is 4.65. The first-order valence-corrected chi connectivity index (χ1v) is 13.6. The SMILES string of the molecule is COc1nc(OC)c(F)c(C(O)c2c[nH]c3ncc(-c4cnn(CCOPI)c4)cc23)c1F. The van der Waals surface area contributed by atoms with Gasteiger partial charge in [-0.2, -0.15) is 10.1 Å². The molecular formula is C20H19F2IN5O4P. The Hall–Kier alpha value is -2.41. The largest absolute Gasteiger partial charge is 0.479 e. The van der Waals surface area contributed by atoms with E-state index in [9.17, 15) is 13.9 Å². The van der Waals surface area contributed by atoms with Gasteiger partial charge in [0.15, 0.2) is 11.6 Å². The number of H-pyrrole nitrogens is 1. The lowest BCUT2D eigenvalue weighted by molar-refractivity contribution is 0.204. The molecular weight excluding hydrogens is 570 g/mol. The Labute approximate surface area is 201 Å². The number of aliphatic hydroxyl groups excluding tert-OH is 1. The number of aromatic amines is 1. The average molecular weight is 589 g/mol. The lowest BCUT2D eigenvalue weighted by Crippen LogP contribution is -2.10. The fraction of sp³-hybridized carbons (Fsp3) is 0.250. The predicted molar refractivity (Wildman–Crippen MR) is 127 cm³/mol. The smallest absolute Gasteiger partial charge is 0.254 e. The number of pyridine rings is 2. The topological polar surface area (TPSA) is 107 Å². The fourth-order valence-electron chi connectivity index (χ4n) is 3.40. The summed E-state index contributed by atoms with van der Waals surface area (Å²) < 4.78 is 46.6. The summed E-state index contributed by atoms with van der Waals surface area (Å²) in [5, 5.41) is 15.8. The number of halogens is 3. The molecule has 4 aromatic heterocycles. The molecule has 2 unspecified atom stereocenters. The monoisotopic (exact) mass is 589 g/mol. The zero-order valence-corrected chi connectivity index (χ0v) is 20.6. The summed E-state index contributed by atoms with van der Waals surface area (Å²) in [6, 6.07) is 1.77. The van der Waals surface area contributed by atoms with Crippen LogP contribution in [0.15, 0.2) is 30.9 Å². The summed E-state index contributed by atoms with van der Waals surface area (Å²) in [4.78, 5) is 10.9. The van der Waals surface area contributed by atoms with Gasteiger partial charge in [0, 0.05) is 40.7 Å². The minimum absolute atomic E-state index is 0.233. The van der Waals surface area contributed by atoms with Gasteiger partial charge in [-0.1, -0.05) is 0 Å². The first kappa shape index (κ1) is 23.7. The molecule has 13 heteroatoms. The third-order valence-electron chi connectivity index (χ3n) is 5.01. The molecule has 0 aliphatic carbocycles. The summed E-state index contributed by atoms with van der Waals surface area (Å²) in [5.41, 5.74) is 1.58. The summed E-state index contributed by atoms with van der Waals surface area (Å²) >= 11 is 2.16. The molecule has 0 saturated heterocycles. The van der Waals surface area contributed by atoms with Crippen LogP contribution in [0.25, 0.3) is 22.2 Å². The van der Waals surface area contributed by atoms with Crippen LogP contribution < -0.4 is 9.47 Å². The average Bonchev–Trinajstić information content (AvgIpc) is 3.46. The van der Waals surface area contributed by atoms with E-state index in [4.69, 9.17) is 14.0 Å². The van der Waals surface area contributed by atoms with Crippen molar-refractivity contribution in [3.63, 3.8) is 0 Å². The maximum atomic E-state index is 14.9. The number of nitrogens with zero attached hydrogens (tertiary/aromatic N) is 4. The Morgan fingerprint density at radius 1 is 1.18 bits per heavy atom. The second-order valence-electron chi connectivity index (χ2n) is 6.86. The van der Waals surface area contributed by atoms with E-state index >= 15 is 0 Å². The van der Waals surface area contributed by atoms with Crippen molar-refractivity contribution < 1.29 is 27.9 Å². The van der Waals surface area contributed by atoms with Crippen molar-refractivity contribution >= 4 is 39.5 Å². The van der Waals surface area contributed by atoms with Crippen molar-refractivity contribution in [1.82, 2.24) is 24.7 Å². The molecule has 9 nitrogen and oxygen atoms in total. The Kier molecular flexibility index (Phi) is 7.37. The highest BCUT2D eigenvalue weighted by Crippen LogP contribution is 2.37. The summed E-state index contributed by atoms with van der Waals surface area (Å²) in [7, 11) is 2.38. The van der Waals surface area contributed by atoms with Crippen LogP contribution >= 0.6 is 28.5 Å². The zero-order valence-electron chi connectivity index (χ0n) is 17.5. The minimum atomic E-state index is -1.67. The first-order chi connectivity index (χ1) is 16.0. The van der Waals surface area contributed by atoms with E-state index in [1.165, 1.54) is 20.4 Å². The van der Waals surface area contributed by atoms with E-state index in [2.05, 4.69) is 42.1 Å². The number of aliphatic hydroxyl groups is 1. The Balaban J connectivity index is 1.73. The molecule has 2 N–H and O–H groups in total. The van der Waals surface area contributed by atoms with Gasteiger partial charge in [0.05, 0.1) is 45.6 Å². The number of methoxy groups -OCH3 is 2. The van der Waals surface area contributed by atoms with Gasteiger partial charge in [-0.05, 0) is 28.1 Å². The molecule has 4 heterocycles. The molecule has 0 spiro atoms. The van der Waals surface area contributed by atoms with E-state index in [0.29, 0.717) is 30.6 Å². The van der Waals surface area contributed by atoms with Crippen LogP contribution in [0.2, 0.25) is 0 Å². The molecule has 0 aromatic carbocycles. The van der Waals surface area contributed by atoms with E-state index in [1.807, 2.05) is 6.20 Å². The van der Waals surface area contributed by atoms with Crippen molar-refractivity contribution in [3.05, 3.63) is 53.6 Å². The molecule has 0 saturated carbocycles. The number of hydrogen-bond acceptors (Lipinski definition) is 7. The number of aromatic nitrogens is 5. The summed E-state index contributed by atoms with van der Waals surface area (Å²) in [6.45, 7) is 1.53. The highest BCUT2D eigenvalue weighted by Gasteiger charge is 2.29. The van der Waals surface area contributed by atoms with E-state index in [-0.39, 0.29) is 5.56 Å². The molecule has 0 radical (unpaired) electrons. The molecule has 4 aromatic rings. The van der Waals surface area contributed by atoms with E-state index in [0.717, 1.165) is 11.1 Å². The second-order valence-corrected chi connectivity index (χ2v) is 8.62. The van der Waals surface area contributed by atoms with Gasteiger partial charge in [0.2, 0.25) is 0 Å². The van der Waals surface area contributed by atoms with E-state index in [1.54, 1.807) is 23.1 Å². The van der Waals surface area contributed by atoms with Crippen LogP contribution in [0, 0.1) is 11.6 Å². The van der Waals surface area contributed by atoms with Crippen LogP contribution in [0.1, 0.15) is 17.2 Å². The molecule has 0 amide bonds. The molecule has 4 rings (SSSR count). The maximum Gasteiger partial charge on any atom is 0.254 e. The van der Waals surface area contributed by atoms with Crippen LogP contribution in [0.5, 0.6) is 11.8 Å². The predicted octanol–water partition coefficient (Wildman–Crippen LogP) is 4.16. The third-order valence-corrected chi connectivity index (χ3v) is 6.26. The quantitative estimate of drug-likeness (QED) is 0.172. The summed E-state index contributed by atoms with van der Waals surface area (Å²) in [6.07, 6.45) is 4.98. The number of hydrogen-bond donors (Lipinski definition) is 2. The Morgan fingerprint density at radius 3 is 2.58 bits per heavy atom. The molecule has 0 aliphatic heterocycles. The van der Waals surface area contributed by atoms with Crippen molar-refractivity contribution in [3.8, 4) is 22.9 Å². The molecule has 0 aliphatic rings. The van der Waals surface area contributed by atoms with Gasteiger partial charge in [-0.25, -0.2) is 13.8 Å². The van der Waals surface area contributed by atoms with Crippen molar-refractivity contribution in [1.29, 1.82) is 0 Å². The van der Waals surface area contributed by atoms with E-state index < -0.39 is 35.1 Å². The van der Waals surface area contributed by atoms with Gasteiger partial charge in [-0.3, -0.25) is 4.68 Å². The lowest BCUT2D eigenvalue weighted by atomic mass is 10.00. The van der Waals surface area contributed by atoms with Gasteiger partial charge in [0.25, 0.3) is 11.8 Å². The fourth-order valence-corrected chi connectivity index (χ4v) is 4.23.